The lowest BCUT2D eigenvalue weighted by molar-refractivity contribution is -0.192. The number of aromatic nitrogens is 1. The number of nitrogens with one attached hydrogen (secondary N) is 1. The Balaban J connectivity index is 0.000000944. The highest BCUT2D eigenvalue weighted by atomic mass is 35.5. The van der Waals surface area contributed by atoms with Crippen molar-refractivity contribution >= 4 is 58.3 Å². The number of aryl methyl sites for hydroxylation is 1. The van der Waals surface area contributed by atoms with Gasteiger partial charge in [-0.05, 0) is 38.0 Å². The Kier molecular flexibility index (Phi) is 14.1. The molecule has 2 aromatic carbocycles. The van der Waals surface area contributed by atoms with Crippen molar-refractivity contribution < 1.29 is 66.7 Å². The van der Waals surface area contributed by atoms with Gasteiger partial charge < -0.3 is 39.9 Å². The Morgan fingerprint density at radius 1 is 0.962 bits per heavy atom. The van der Waals surface area contributed by atoms with Crippen LogP contribution in [-0.2, 0) is 23.9 Å². The maximum absolute atomic E-state index is 13.6. The number of hydrogen-bond donors (Lipinski definition) is 4. The van der Waals surface area contributed by atoms with Gasteiger partial charge in [-0.15, -0.1) is 0 Å². The number of piperazine rings is 1. The van der Waals surface area contributed by atoms with Crippen molar-refractivity contribution in [1.82, 2.24) is 20.1 Å². The summed E-state index contributed by atoms with van der Waals surface area (Å²) in [6.07, 6.45) is -7.59. The van der Waals surface area contributed by atoms with Crippen molar-refractivity contribution in [3.63, 3.8) is 0 Å². The van der Waals surface area contributed by atoms with Gasteiger partial charge in [-0.2, -0.15) is 13.2 Å². The lowest BCUT2D eigenvalue weighted by atomic mass is 10.1. The van der Waals surface area contributed by atoms with Gasteiger partial charge in [0, 0.05) is 54.6 Å². The molecule has 1 aromatic heterocycles. The molecule has 19 heteroatoms. The SMILES string of the molecule is CCOC(=O)N1CCN(C(=O)[C@H](CCC(=O)O)NC(=O)c2cc(OC(C(=O)O)c3ccccc3)c3cc(Cl)c(C)cc3n2)CC1.O=C(O)C(F)(F)F. The van der Waals surface area contributed by atoms with Crippen LogP contribution >= 0.6 is 11.6 Å². The molecule has 0 radical (unpaired) electrons. The average molecular weight is 755 g/mol. The molecule has 1 unspecified atom stereocenters. The average Bonchev–Trinajstić information content (AvgIpc) is 3.09. The molecule has 15 nitrogen and oxygen atoms in total. The summed E-state index contributed by atoms with van der Waals surface area (Å²) in [6.45, 7) is 4.40. The van der Waals surface area contributed by atoms with Crippen molar-refractivity contribution in [2.45, 2.75) is 45.0 Å². The molecule has 4 rings (SSSR count). The van der Waals surface area contributed by atoms with Crippen LogP contribution in [0, 0.1) is 6.92 Å². The Bertz CT molecular complexity index is 1800. The van der Waals surface area contributed by atoms with Crippen LogP contribution < -0.4 is 10.1 Å². The van der Waals surface area contributed by atoms with Crippen molar-refractivity contribution in [2.75, 3.05) is 32.8 Å². The number of carbonyl (C=O) groups is 6. The van der Waals surface area contributed by atoms with Gasteiger partial charge in [-0.25, -0.2) is 19.4 Å². The van der Waals surface area contributed by atoms with Gasteiger partial charge in [0.2, 0.25) is 12.0 Å². The van der Waals surface area contributed by atoms with Crippen molar-refractivity contribution in [2.24, 2.45) is 0 Å². The summed E-state index contributed by atoms with van der Waals surface area (Å²) in [5.74, 6) is -6.46. The number of alkyl halides is 3. The number of amides is 3. The summed E-state index contributed by atoms with van der Waals surface area (Å²) >= 11 is 6.36. The van der Waals surface area contributed by atoms with E-state index < -0.39 is 60.6 Å². The van der Waals surface area contributed by atoms with E-state index in [-0.39, 0.29) is 50.7 Å². The number of benzene rings is 2. The van der Waals surface area contributed by atoms with E-state index in [4.69, 9.17) is 31.0 Å². The second-order valence-corrected chi connectivity index (χ2v) is 11.6. The Morgan fingerprint density at radius 3 is 2.10 bits per heavy atom. The molecular weight excluding hydrogens is 721 g/mol. The number of carboxylic acids is 3. The standard InChI is InChI=1S/C31H33ClN4O9.C2HF3O2/c1-3-44-31(43)36-13-11-35(12-14-36)29(40)22(9-10-26(37)38)34-28(39)24-17-25(20-16-21(32)18(2)15-23(20)33-24)45-27(30(41)42)19-7-5-4-6-8-19;3-2(4,5)1(6)7/h4-8,15-17,22,27H,3,9-14H2,1-2H3,(H,34,39)(H,37,38)(H,41,42);(H,6,7)/t22-,27?;/m0./s1. The van der Waals surface area contributed by atoms with E-state index in [0.717, 1.165) is 0 Å². The minimum atomic E-state index is -5.08. The van der Waals surface area contributed by atoms with Crippen LogP contribution in [0.15, 0.2) is 48.5 Å². The molecule has 0 spiro atoms. The number of ether oxygens (including phenoxy) is 2. The monoisotopic (exact) mass is 754 g/mol. The van der Waals surface area contributed by atoms with E-state index in [9.17, 15) is 47.4 Å². The molecule has 0 saturated carbocycles. The van der Waals surface area contributed by atoms with Crippen LogP contribution in [0.5, 0.6) is 5.75 Å². The van der Waals surface area contributed by atoms with Crippen LogP contribution in [-0.4, -0.2) is 111 Å². The van der Waals surface area contributed by atoms with E-state index in [0.29, 0.717) is 27.1 Å². The molecule has 52 heavy (non-hydrogen) atoms. The molecule has 1 aliphatic rings. The van der Waals surface area contributed by atoms with Crippen LogP contribution in [0.2, 0.25) is 5.02 Å². The van der Waals surface area contributed by atoms with Crippen LogP contribution in [0.4, 0.5) is 18.0 Å². The second kappa shape index (κ2) is 18.0. The van der Waals surface area contributed by atoms with Crippen molar-refractivity contribution in [1.29, 1.82) is 0 Å². The number of carbonyl (C=O) groups excluding carboxylic acids is 3. The number of rotatable bonds is 11. The summed E-state index contributed by atoms with van der Waals surface area (Å²) in [7, 11) is 0. The number of carboxylic acid groups (broad SMARTS) is 3. The minimum Gasteiger partial charge on any atom is -0.481 e. The molecule has 1 saturated heterocycles. The quantitative estimate of drug-likeness (QED) is 0.216. The maximum Gasteiger partial charge on any atom is 0.490 e. The topological polar surface area (TPSA) is 213 Å². The second-order valence-electron chi connectivity index (χ2n) is 11.1. The van der Waals surface area contributed by atoms with Crippen LogP contribution in [0.1, 0.15) is 47.5 Å². The first-order valence-electron chi connectivity index (χ1n) is 15.5. The highest BCUT2D eigenvalue weighted by Crippen LogP contribution is 2.33. The third kappa shape index (κ3) is 11.2. The zero-order valence-electron chi connectivity index (χ0n) is 27.7. The van der Waals surface area contributed by atoms with Gasteiger partial charge in [0.15, 0.2) is 0 Å². The number of aliphatic carboxylic acids is 3. The fraction of sp³-hybridized carbons (Fsp3) is 0.364. The molecule has 2 heterocycles. The minimum absolute atomic E-state index is 0.0202. The van der Waals surface area contributed by atoms with E-state index in [1.165, 1.54) is 15.9 Å². The summed E-state index contributed by atoms with van der Waals surface area (Å²) in [5.41, 5.74) is 1.12. The lowest BCUT2D eigenvalue weighted by Gasteiger charge is -2.35. The van der Waals surface area contributed by atoms with Crippen molar-refractivity contribution in [3.8, 4) is 5.75 Å². The smallest absolute Gasteiger partial charge is 0.481 e. The molecule has 2 atom stereocenters. The summed E-state index contributed by atoms with van der Waals surface area (Å²) < 4.78 is 42.7. The number of halogens is 4. The molecule has 1 aliphatic heterocycles. The van der Waals surface area contributed by atoms with E-state index in [2.05, 4.69) is 10.3 Å². The zero-order chi connectivity index (χ0) is 38.7. The fourth-order valence-corrected chi connectivity index (χ4v) is 5.02. The highest BCUT2D eigenvalue weighted by molar-refractivity contribution is 6.32. The molecule has 1 fully saturated rings. The van der Waals surface area contributed by atoms with E-state index >= 15 is 0 Å². The van der Waals surface area contributed by atoms with Crippen molar-refractivity contribution in [3.05, 3.63) is 70.4 Å². The van der Waals surface area contributed by atoms with Gasteiger partial charge in [0.1, 0.15) is 17.5 Å². The van der Waals surface area contributed by atoms with E-state index in [1.807, 2.05) is 0 Å². The van der Waals surface area contributed by atoms with Gasteiger partial charge in [-0.1, -0.05) is 41.9 Å². The number of pyridine rings is 1. The third-order valence-electron chi connectivity index (χ3n) is 7.47. The number of nitrogens with zero attached hydrogens (tertiary/aromatic N) is 3. The van der Waals surface area contributed by atoms with E-state index in [1.54, 1.807) is 56.3 Å². The predicted molar refractivity (Wildman–Crippen MR) is 176 cm³/mol. The van der Waals surface area contributed by atoms with Crippen LogP contribution in [0.3, 0.4) is 0 Å². The highest BCUT2D eigenvalue weighted by Gasteiger charge is 2.38. The molecule has 0 aliphatic carbocycles. The predicted octanol–water partition coefficient (Wildman–Crippen LogP) is 4.30. The van der Waals surface area contributed by atoms with Crippen LogP contribution in [0.25, 0.3) is 10.9 Å². The molecule has 4 N–H and O–H groups in total. The molecular formula is C33H34ClF3N4O11. The normalized spacial score (nSPS) is 14.0. The Labute approximate surface area is 298 Å². The third-order valence-corrected chi connectivity index (χ3v) is 7.87. The Hall–Kier alpha value is -5.65. The van der Waals surface area contributed by atoms with Gasteiger partial charge >= 0.3 is 30.2 Å². The summed E-state index contributed by atoms with van der Waals surface area (Å²) in [4.78, 5) is 78.9. The molecule has 3 aromatic rings. The number of fused-ring (bicyclic) bond motifs is 1. The zero-order valence-corrected chi connectivity index (χ0v) is 28.4. The first kappa shape index (κ1) is 40.8. The maximum atomic E-state index is 13.6. The largest absolute Gasteiger partial charge is 0.490 e. The van der Waals surface area contributed by atoms with Gasteiger partial charge in [0.05, 0.1) is 12.1 Å². The Morgan fingerprint density at radius 2 is 1.56 bits per heavy atom. The summed E-state index contributed by atoms with van der Waals surface area (Å²) in [5, 5.41) is 29.7. The van der Waals surface area contributed by atoms with Gasteiger partial charge in [-0.3, -0.25) is 14.4 Å². The first-order chi connectivity index (χ1) is 24.4. The lowest BCUT2D eigenvalue weighted by Crippen LogP contribution is -2.56. The summed E-state index contributed by atoms with van der Waals surface area (Å²) in [6, 6.07) is 11.5. The fourth-order valence-electron chi connectivity index (χ4n) is 4.85. The molecule has 280 valence electrons. The van der Waals surface area contributed by atoms with Gasteiger partial charge in [0.25, 0.3) is 5.91 Å². The first-order valence-corrected chi connectivity index (χ1v) is 15.9. The number of hydrogen-bond acceptors (Lipinski definition) is 9. The molecule has 3 amide bonds. The molecule has 0 bridgehead atoms.